The molecule has 0 spiro atoms. The number of hydrogen-bond acceptors (Lipinski definition) is 4. The normalized spacial score (nSPS) is 16.3. The van der Waals surface area contributed by atoms with Crippen LogP contribution in [0.3, 0.4) is 0 Å². The van der Waals surface area contributed by atoms with Crippen LogP contribution in [0.15, 0.2) is 55.6 Å². The Morgan fingerprint density at radius 1 is 1.00 bits per heavy atom. The number of hydrogen-bond donors (Lipinski definition) is 1. The summed E-state index contributed by atoms with van der Waals surface area (Å²) >= 11 is 0. The Morgan fingerprint density at radius 2 is 1.59 bits per heavy atom. The second-order valence-electron chi connectivity index (χ2n) is 6.75. The Labute approximate surface area is 166 Å². The Bertz CT molecular complexity index is 536. The number of rotatable bonds is 14. The van der Waals surface area contributed by atoms with Gasteiger partial charge in [-0.3, -0.25) is 0 Å². The van der Waals surface area contributed by atoms with Gasteiger partial charge in [-0.2, -0.15) is 0 Å². The summed E-state index contributed by atoms with van der Waals surface area (Å²) in [6.07, 6.45) is 0.948. The third-order valence-electron chi connectivity index (χ3n) is 5.33. The van der Waals surface area contributed by atoms with Crippen LogP contribution in [0.25, 0.3) is 0 Å². The van der Waals surface area contributed by atoms with E-state index < -0.39 is 26.6 Å². The lowest BCUT2D eigenvalue weighted by molar-refractivity contribution is -0.130. The van der Waals surface area contributed by atoms with Gasteiger partial charge in [0.15, 0.2) is 8.32 Å². The molecular weight excluding hydrogens is 356 g/mol. The minimum absolute atomic E-state index is 0.350. The van der Waals surface area contributed by atoms with Crippen LogP contribution in [0.5, 0.6) is 0 Å². The first-order valence-corrected chi connectivity index (χ1v) is 12.3. The maximum atomic E-state index is 10.5. The molecule has 4 atom stereocenters. The van der Waals surface area contributed by atoms with Crippen molar-refractivity contribution in [2.75, 3.05) is 7.11 Å². The first kappa shape index (κ1) is 23.8. The van der Waals surface area contributed by atoms with Gasteiger partial charge in [0.2, 0.25) is 0 Å². The molecule has 152 valence electrons. The lowest BCUT2D eigenvalue weighted by atomic mass is 10.0. The molecule has 0 aliphatic carbocycles. The van der Waals surface area contributed by atoms with E-state index in [2.05, 4.69) is 33.9 Å². The van der Waals surface area contributed by atoms with E-state index in [1.807, 2.05) is 30.3 Å². The van der Waals surface area contributed by atoms with Gasteiger partial charge in [0.1, 0.15) is 18.3 Å². The van der Waals surface area contributed by atoms with Gasteiger partial charge in [-0.1, -0.05) is 63.3 Å². The minimum Gasteiger partial charge on any atom is -0.408 e. The van der Waals surface area contributed by atoms with Crippen molar-refractivity contribution in [1.82, 2.24) is 0 Å². The zero-order valence-corrected chi connectivity index (χ0v) is 18.3. The average Bonchev–Trinajstić information content (AvgIpc) is 2.73. The maximum absolute atomic E-state index is 10.5. The van der Waals surface area contributed by atoms with Crippen molar-refractivity contribution in [3.63, 3.8) is 0 Å². The summed E-state index contributed by atoms with van der Waals surface area (Å²) in [5.41, 5.74) is 1.03. The summed E-state index contributed by atoms with van der Waals surface area (Å²) in [5, 5.41) is 10.5. The molecule has 5 heteroatoms. The van der Waals surface area contributed by atoms with Gasteiger partial charge in [-0.05, 0) is 23.7 Å². The second kappa shape index (κ2) is 12.3. The first-order chi connectivity index (χ1) is 13.0. The molecule has 1 rings (SSSR count). The third-order valence-corrected chi connectivity index (χ3v) is 9.97. The van der Waals surface area contributed by atoms with Crippen molar-refractivity contribution in [3.05, 3.63) is 61.2 Å². The fourth-order valence-corrected chi connectivity index (χ4v) is 6.09. The number of aliphatic hydroxyl groups is 1. The molecule has 0 heterocycles. The van der Waals surface area contributed by atoms with Crippen molar-refractivity contribution >= 4 is 8.32 Å². The zero-order chi connectivity index (χ0) is 20.3. The van der Waals surface area contributed by atoms with Crippen LogP contribution in [0.2, 0.25) is 18.1 Å². The largest absolute Gasteiger partial charge is 0.408 e. The lowest BCUT2D eigenvalue weighted by Crippen LogP contribution is -2.51. The topological polar surface area (TPSA) is 47.9 Å². The van der Waals surface area contributed by atoms with Crippen molar-refractivity contribution in [2.24, 2.45) is 0 Å². The zero-order valence-electron chi connectivity index (χ0n) is 17.3. The highest BCUT2D eigenvalue weighted by atomic mass is 28.4. The Balaban J connectivity index is 3.02. The molecule has 0 fully saturated rings. The summed E-state index contributed by atoms with van der Waals surface area (Å²) in [6, 6.07) is 13.0. The lowest BCUT2D eigenvalue weighted by Gasteiger charge is -2.38. The minimum atomic E-state index is -1.87. The van der Waals surface area contributed by atoms with Crippen molar-refractivity contribution in [1.29, 1.82) is 0 Å². The van der Waals surface area contributed by atoms with Crippen LogP contribution < -0.4 is 0 Å². The third kappa shape index (κ3) is 6.70. The molecule has 0 aliphatic heterocycles. The highest BCUT2D eigenvalue weighted by molar-refractivity contribution is 6.73. The van der Waals surface area contributed by atoms with Crippen LogP contribution in [-0.4, -0.2) is 44.9 Å². The van der Waals surface area contributed by atoms with E-state index >= 15 is 0 Å². The quantitative estimate of drug-likeness (QED) is 0.368. The molecule has 0 aromatic heterocycles. The molecule has 1 N–H and O–H groups in total. The van der Waals surface area contributed by atoms with Crippen molar-refractivity contribution in [2.45, 2.75) is 69.9 Å². The van der Waals surface area contributed by atoms with Gasteiger partial charge in [0.25, 0.3) is 0 Å². The van der Waals surface area contributed by atoms with E-state index in [9.17, 15) is 5.11 Å². The second-order valence-corrected chi connectivity index (χ2v) is 11.5. The SMILES string of the molecule is C=CC(O)[C@@H](OCc1ccccc1)[C@H](OC)[C@@H](C=C)O[Si](CC)(CC)CC. The molecule has 4 nitrogen and oxygen atoms in total. The molecule has 1 unspecified atom stereocenters. The summed E-state index contributed by atoms with van der Waals surface area (Å²) in [5.74, 6) is 0. The summed E-state index contributed by atoms with van der Waals surface area (Å²) in [6.45, 7) is 14.6. The molecule has 1 aromatic rings. The molecular formula is C22H36O4Si. The fraction of sp³-hybridized carbons (Fsp3) is 0.545. The van der Waals surface area contributed by atoms with E-state index in [-0.39, 0.29) is 6.10 Å². The Morgan fingerprint density at radius 3 is 2.04 bits per heavy atom. The van der Waals surface area contributed by atoms with Gasteiger partial charge in [-0.15, -0.1) is 13.2 Å². The van der Waals surface area contributed by atoms with E-state index in [1.165, 1.54) is 6.08 Å². The summed E-state index contributed by atoms with van der Waals surface area (Å²) in [4.78, 5) is 0. The van der Waals surface area contributed by atoms with Crippen LogP contribution in [0, 0.1) is 0 Å². The number of benzene rings is 1. The van der Waals surface area contributed by atoms with Gasteiger partial charge < -0.3 is 19.0 Å². The molecule has 0 aliphatic rings. The van der Waals surface area contributed by atoms with Crippen molar-refractivity contribution in [3.8, 4) is 0 Å². The molecule has 0 bridgehead atoms. The predicted molar refractivity (Wildman–Crippen MR) is 114 cm³/mol. The highest BCUT2D eigenvalue weighted by Crippen LogP contribution is 2.27. The molecule has 0 amide bonds. The molecule has 1 aromatic carbocycles. The summed E-state index contributed by atoms with van der Waals surface area (Å²) in [7, 11) is -0.255. The summed E-state index contributed by atoms with van der Waals surface area (Å²) < 4.78 is 18.4. The average molecular weight is 393 g/mol. The maximum Gasteiger partial charge on any atom is 0.193 e. The first-order valence-electron chi connectivity index (χ1n) is 9.80. The fourth-order valence-electron chi connectivity index (χ4n) is 3.28. The smallest absolute Gasteiger partial charge is 0.193 e. The van der Waals surface area contributed by atoms with E-state index in [0.29, 0.717) is 6.61 Å². The number of methoxy groups -OCH3 is 1. The Kier molecular flexibility index (Phi) is 10.8. The van der Waals surface area contributed by atoms with Crippen LogP contribution in [-0.2, 0) is 20.5 Å². The predicted octanol–water partition coefficient (Wildman–Crippen LogP) is 4.71. The van der Waals surface area contributed by atoms with Gasteiger partial charge in [0, 0.05) is 7.11 Å². The van der Waals surface area contributed by atoms with E-state index in [0.717, 1.165) is 23.7 Å². The van der Waals surface area contributed by atoms with Crippen molar-refractivity contribution < 1.29 is 19.0 Å². The molecule has 0 saturated heterocycles. The van der Waals surface area contributed by atoms with E-state index in [4.69, 9.17) is 13.9 Å². The number of aliphatic hydroxyl groups excluding tert-OH is 1. The monoisotopic (exact) mass is 392 g/mol. The molecule has 0 saturated carbocycles. The molecule has 0 radical (unpaired) electrons. The highest BCUT2D eigenvalue weighted by Gasteiger charge is 2.39. The Hall–Kier alpha value is -1.24. The van der Waals surface area contributed by atoms with Crippen LogP contribution in [0.4, 0.5) is 0 Å². The van der Waals surface area contributed by atoms with E-state index in [1.54, 1.807) is 13.2 Å². The molecule has 27 heavy (non-hydrogen) atoms. The number of ether oxygens (including phenoxy) is 2. The van der Waals surface area contributed by atoms with Gasteiger partial charge in [0.05, 0.1) is 12.7 Å². The van der Waals surface area contributed by atoms with Gasteiger partial charge >= 0.3 is 0 Å². The van der Waals surface area contributed by atoms with Gasteiger partial charge in [-0.25, -0.2) is 0 Å². The van der Waals surface area contributed by atoms with Crippen LogP contribution in [0.1, 0.15) is 26.3 Å². The standard InChI is InChI=1S/C22H36O4Si/c1-7-19(23)21(25-17-18-15-13-12-14-16-18)22(24-6)20(8-2)26-27(9-3,10-4)11-5/h7-8,12-16,19-23H,1-2,9-11,17H2,3-6H3/t19?,20-,21-,22-/m1/s1. The van der Waals surface area contributed by atoms with Crippen LogP contribution >= 0.6 is 0 Å².